The van der Waals surface area contributed by atoms with Gasteiger partial charge in [0.1, 0.15) is 18.0 Å². The lowest BCUT2D eigenvalue weighted by Gasteiger charge is -2.30. The van der Waals surface area contributed by atoms with Crippen molar-refractivity contribution in [3.8, 4) is 11.4 Å². The lowest BCUT2D eigenvalue weighted by atomic mass is 10.0. The molecule has 3 aromatic heterocycles. The highest BCUT2D eigenvalue weighted by Crippen LogP contribution is 2.30. The van der Waals surface area contributed by atoms with Gasteiger partial charge in [-0.25, -0.2) is 24.3 Å². The molecule has 0 saturated heterocycles. The minimum atomic E-state index is -0.353. The number of amides is 1. The standard InChI is InChI=1S/C24H20FN7O/c1-15-19(12-27-14-28-15)24(33)32-10-7-21-20(13-32)23(29-18-4-2-3-17(25)11-18)31-22(30-21)16-5-8-26-9-6-16/h2-6,8-9,11-12,14H,7,10,13H2,1H3,(H,29,30,31). The van der Waals surface area contributed by atoms with Gasteiger partial charge in [-0.2, -0.15) is 0 Å². The highest BCUT2D eigenvalue weighted by molar-refractivity contribution is 5.95. The van der Waals surface area contributed by atoms with Crippen LogP contribution in [0, 0.1) is 12.7 Å². The smallest absolute Gasteiger partial charge is 0.257 e. The van der Waals surface area contributed by atoms with Crippen molar-refractivity contribution in [3.63, 3.8) is 0 Å². The van der Waals surface area contributed by atoms with Gasteiger partial charge in [0, 0.05) is 48.4 Å². The van der Waals surface area contributed by atoms with Gasteiger partial charge in [0.2, 0.25) is 0 Å². The van der Waals surface area contributed by atoms with Crippen molar-refractivity contribution in [1.82, 2.24) is 29.8 Å². The lowest BCUT2D eigenvalue weighted by molar-refractivity contribution is 0.0732. The molecule has 5 rings (SSSR count). The molecular weight excluding hydrogens is 421 g/mol. The Morgan fingerprint density at radius 1 is 1.12 bits per heavy atom. The van der Waals surface area contributed by atoms with Crippen LogP contribution in [0.25, 0.3) is 11.4 Å². The molecule has 0 fully saturated rings. The van der Waals surface area contributed by atoms with E-state index in [2.05, 4.69) is 20.3 Å². The molecule has 8 nitrogen and oxygen atoms in total. The van der Waals surface area contributed by atoms with E-state index < -0.39 is 0 Å². The Morgan fingerprint density at radius 3 is 2.76 bits per heavy atom. The Kier molecular flexibility index (Phi) is 5.43. The Labute approximate surface area is 189 Å². The van der Waals surface area contributed by atoms with Crippen molar-refractivity contribution in [2.24, 2.45) is 0 Å². The fourth-order valence-corrected chi connectivity index (χ4v) is 3.79. The van der Waals surface area contributed by atoms with Gasteiger partial charge >= 0.3 is 0 Å². The second-order valence-electron chi connectivity index (χ2n) is 7.69. The first-order valence-corrected chi connectivity index (χ1v) is 10.5. The first-order valence-electron chi connectivity index (χ1n) is 10.5. The van der Waals surface area contributed by atoms with Gasteiger partial charge in [-0.15, -0.1) is 0 Å². The number of rotatable bonds is 4. The zero-order valence-electron chi connectivity index (χ0n) is 17.9. The van der Waals surface area contributed by atoms with Gasteiger partial charge in [-0.1, -0.05) is 6.07 Å². The largest absolute Gasteiger partial charge is 0.340 e. The van der Waals surface area contributed by atoms with Crippen molar-refractivity contribution < 1.29 is 9.18 Å². The number of carbonyl (C=O) groups is 1. The predicted molar refractivity (Wildman–Crippen MR) is 120 cm³/mol. The van der Waals surface area contributed by atoms with Gasteiger partial charge in [0.15, 0.2) is 5.82 Å². The molecule has 1 aliphatic rings. The van der Waals surface area contributed by atoms with Crippen molar-refractivity contribution in [2.75, 3.05) is 11.9 Å². The highest BCUT2D eigenvalue weighted by Gasteiger charge is 2.27. The zero-order valence-corrected chi connectivity index (χ0v) is 17.9. The Hall–Kier alpha value is -4.27. The maximum Gasteiger partial charge on any atom is 0.257 e. The van der Waals surface area contributed by atoms with Gasteiger partial charge in [-0.3, -0.25) is 9.78 Å². The fraction of sp³-hybridized carbons (Fsp3) is 0.167. The molecule has 164 valence electrons. The maximum absolute atomic E-state index is 13.8. The molecule has 0 spiro atoms. The highest BCUT2D eigenvalue weighted by atomic mass is 19.1. The summed E-state index contributed by atoms with van der Waals surface area (Å²) in [6.07, 6.45) is 6.89. The molecule has 0 saturated carbocycles. The molecule has 33 heavy (non-hydrogen) atoms. The number of carbonyl (C=O) groups excluding carboxylic acids is 1. The van der Waals surface area contributed by atoms with Crippen LogP contribution in [0.2, 0.25) is 0 Å². The number of hydrogen-bond donors (Lipinski definition) is 1. The van der Waals surface area contributed by atoms with Crippen molar-refractivity contribution in [2.45, 2.75) is 19.9 Å². The SMILES string of the molecule is Cc1ncncc1C(=O)N1CCc2nc(-c3ccncc3)nc(Nc3cccc(F)c3)c2C1. The molecule has 0 bridgehead atoms. The van der Waals surface area contributed by atoms with Gasteiger partial charge in [-0.05, 0) is 37.3 Å². The van der Waals surface area contributed by atoms with E-state index in [1.54, 1.807) is 36.4 Å². The molecule has 1 aliphatic heterocycles. The molecule has 1 amide bonds. The summed E-state index contributed by atoms with van der Waals surface area (Å²) in [5.74, 6) is 0.584. The molecular formula is C24H20FN7O. The molecule has 1 aromatic carbocycles. The average molecular weight is 441 g/mol. The van der Waals surface area contributed by atoms with Crippen molar-refractivity contribution in [1.29, 1.82) is 0 Å². The second kappa shape index (κ2) is 8.70. The summed E-state index contributed by atoms with van der Waals surface area (Å²) >= 11 is 0. The average Bonchev–Trinajstić information content (AvgIpc) is 2.84. The topological polar surface area (TPSA) is 96.8 Å². The van der Waals surface area contributed by atoms with Crippen LogP contribution in [-0.2, 0) is 13.0 Å². The van der Waals surface area contributed by atoms with Crippen LogP contribution in [0.3, 0.4) is 0 Å². The van der Waals surface area contributed by atoms with Gasteiger partial charge in [0.05, 0.1) is 23.5 Å². The first-order chi connectivity index (χ1) is 16.1. The number of nitrogens with one attached hydrogen (secondary N) is 1. The molecule has 0 radical (unpaired) electrons. The van der Waals surface area contributed by atoms with Gasteiger partial charge in [0.25, 0.3) is 5.91 Å². The van der Waals surface area contributed by atoms with E-state index in [0.717, 1.165) is 16.8 Å². The van der Waals surface area contributed by atoms with Crippen LogP contribution in [-0.4, -0.2) is 42.3 Å². The molecule has 0 atom stereocenters. The Bertz CT molecular complexity index is 1330. The summed E-state index contributed by atoms with van der Waals surface area (Å²) in [6, 6.07) is 9.85. The number of fused-ring (bicyclic) bond motifs is 1. The normalized spacial score (nSPS) is 12.8. The second-order valence-corrected chi connectivity index (χ2v) is 7.69. The van der Waals surface area contributed by atoms with Gasteiger partial charge < -0.3 is 10.2 Å². The minimum Gasteiger partial charge on any atom is -0.340 e. The maximum atomic E-state index is 13.8. The van der Waals surface area contributed by atoms with E-state index in [4.69, 9.17) is 9.97 Å². The summed E-state index contributed by atoms with van der Waals surface area (Å²) in [6.45, 7) is 2.61. The van der Waals surface area contributed by atoms with E-state index in [0.29, 0.717) is 48.1 Å². The molecule has 4 heterocycles. The van der Waals surface area contributed by atoms with Crippen LogP contribution in [0.15, 0.2) is 61.3 Å². The van der Waals surface area contributed by atoms with Crippen molar-refractivity contribution >= 4 is 17.4 Å². The summed E-state index contributed by atoms with van der Waals surface area (Å²) in [7, 11) is 0. The van der Waals surface area contributed by atoms with E-state index in [1.165, 1.54) is 24.7 Å². The number of hydrogen-bond acceptors (Lipinski definition) is 7. The van der Waals surface area contributed by atoms with Crippen LogP contribution in [0.5, 0.6) is 0 Å². The van der Waals surface area contributed by atoms with Crippen LogP contribution >= 0.6 is 0 Å². The number of pyridine rings is 1. The third-order valence-corrected chi connectivity index (χ3v) is 5.52. The van der Waals surface area contributed by atoms with Crippen molar-refractivity contribution in [3.05, 3.63) is 89.6 Å². The number of nitrogens with zero attached hydrogens (tertiary/aromatic N) is 6. The Balaban J connectivity index is 1.54. The summed E-state index contributed by atoms with van der Waals surface area (Å²) in [5, 5.41) is 3.22. The molecule has 0 unspecified atom stereocenters. The lowest BCUT2D eigenvalue weighted by Crippen LogP contribution is -2.37. The number of aromatic nitrogens is 5. The quantitative estimate of drug-likeness (QED) is 0.516. The number of benzene rings is 1. The third-order valence-electron chi connectivity index (χ3n) is 5.52. The van der Waals surface area contributed by atoms with E-state index in [9.17, 15) is 9.18 Å². The summed E-state index contributed by atoms with van der Waals surface area (Å²) in [5.41, 5.74) is 4.13. The molecule has 0 aliphatic carbocycles. The molecule has 9 heteroatoms. The van der Waals surface area contributed by atoms with Crippen LogP contribution < -0.4 is 5.32 Å². The number of halogens is 1. The first kappa shape index (κ1) is 20.6. The Morgan fingerprint density at radius 2 is 1.97 bits per heavy atom. The van der Waals surface area contributed by atoms with Crippen LogP contribution in [0.4, 0.5) is 15.9 Å². The minimum absolute atomic E-state index is 0.145. The monoisotopic (exact) mass is 441 g/mol. The number of aryl methyl sites for hydroxylation is 1. The van der Waals surface area contributed by atoms with E-state index in [-0.39, 0.29) is 11.7 Å². The predicted octanol–water partition coefficient (Wildman–Crippen LogP) is 3.72. The van der Waals surface area contributed by atoms with E-state index in [1.807, 2.05) is 12.1 Å². The fourth-order valence-electron chi connectivity index (χ4n) is 3.79. The van der Waals surface area contributed by atoms with Crippen LogP contribution in [0.1, 0.15) is 27.3 Å². The third kappa shape index (κ3) is 4.25. The summed E-state index contributed by atoms with van der Waals surface area (Å²) < 4.78 is 13.8. The molecule has 4 aromatic rings. The summed E-state index contributed by atoms with van der Waals surface area (Å²) in [4.78, 5) is 36.6. The molecule has 1 N–H and O–H groups in total. The zero-order chi connectivity index (χ0) is 22.8. The van der Waals surface area contributed by atoms with E-state index >= 15 is 0 Å². The number of anilines is 2.